The Hall–Kier alpha value is -2.79. The quantitative estimate of drug-likeness (QED) is 0.790. The number of hydrogen-bond donors (Lipinski definition) is 1. The van der Waals surface area contributed by atoms with E-state index in [4.69, 9.17) is 11.6 Å². The second-order valence-electron chi connectivity index (χ2n) is 5.44. The number of hydrogen-bond acceptors (Lipinski definition) is 3. The molecule has 3 rings (SSSR count). The molecule has 122 valence electrons. The predicted molar refractivity (Wildman–Crippen MR) is 92.5 cm³/mol. The van der Waals surface area contributed by atoms with E-state index in [1.807, 2.05) is 36.5 Å². The van der Waals surface area contributed by atoms with Gasteiger partial charge in [0.15, 0.2) is 0 Å². The van der Waals surface area contributed by atoms with Crippen molar-refractivity contribution in [2.24, 2.45) is 0 Å². The summed E-state index contributed by atoms with van der Waals surface area (Å²) >= 11 is 5.80. The lowest BCUT2D eigenvalue weighted by Crippen LogP contribution is -2.26. The molecule has 1 amide bonds. The van der Waals surface area contributed by atoms with Crippen LogP contribution in [0.4, 0.5) is 0 Å². The van der Waals surface area contributed by atoms with Gasteiger partial charge >= 0.3 is 0 Å². The summed E-state index contributed by atoms with van der Waals surface area (Å²) in [6, 6.07) is 14.1. The van der Waals surface area contributed by atoms with E-state index < -0.39 is 0 Å². The van der Waals surface area contributed by atoms with Crippen LogP contribution in [0.25, 0.3) is 5.69 Å². The third-order valence-corrected chi connectivity index (χ3v) is 3.87. The average Bonchev–Trinajstić information content (AvgIpc) is 3.09. The Balaban J connectivity index is 1.78. The summed E-state index contributed by atoms with van der Waals surface area (Å²) in [5.74, 6) is -0.390. The van der Waals surface area contributed by atoms with E-state index in [1.54, 1.807) is 28.9 Å². The van der Waals surface area contributed by atoms with E-state index in [2.05, 4.69) is 5.10 Å². The standard InChI is InChI=1S/C18H16ClN3O2/c1-21(18(24)16-7-6-14(19)11-17(16)23)12-13-4-2-5-15(10-13)22-9-3-8-20-22/h2-11,23H,12H2,1H3. The summed E-state index contributed by atoms with van der Waals surface area (Å²) in [5.41, 5.74) is 2.12. The van der Waals surface area contributed by atoms with Crippen LogP contribution in [-0.4, -0.2) is 32.7 Å². The number of aromatic hydroxyl groups is 1. The Bertz CT molecular complexity index is 862. The molecule has 0 atom stereocenters. The van der Waals surface area contributed by atoms with Gasteiger partial charge in [0, 0.05) is 31.0 Å². The van der Waals surface area contributed by atoms with Gasteiger partial charge in [0.1, 0.15) is 5.75 Å². The molecule has 5 nitrogen and oxygen atoms in total. The second-order valence-corrected chi connectivity index (χ2v) is 5.88. The molecular formula is C18H16ClN3O2. The Morgan fingerprint density at radius 2 is 2.08 bits per heavy atom. The molecule has 3 aromatic rings. The van der Waals surface area contributed by atoms with Crippen LogP contribution in [0.5, 0.6) is 5.75 Å². The third-order valence-electron chi connectivity index (χ3n) is 3.64. The minimum absolute atomic E-state index is 0.121. The lowest BCUT2D eigenvalue weighted by Gasteiger charge is -2.18. The first-order valence-corrected chi connectivity index (χ1v) is 7.75. The van der Waals surface area contributed by atoms with Gasteiger partial charge < -0.3 is 10.0 Å². The number of carbonyl (C=O) groups is 1. The molecule has 0 spiro atoms. The SMILES string of the molecule is CN(Cc1cccc(-n2cccn2)c1)C(=O)c1ccc(Cl)cc1O. The zero-order valence-electron chi connectivity index (χ0n) is 13.1. The van der Waals surface area contributed by atoms with Gasteiger partial charge in [-0.25, -0.2) is 4.68 Å². The van der Waals surface area contributed by atoms with Crippen molar-refractivity contribution in [2.45, 2.75) is 6.54 Å². The summed E-state index contributed by atoms with van der Waals surface area (Å²) in [7, 11) is 1.69. The highest BCUT2D eigenvalue weighted by Gasteiger charge is 2.16. The van der Waals surface area contributed by atoms with Crippen LogP contribution in [0.3, 0.4) is 0 Å². The van der Waals surface area contributed by atoms with Crippen LogP contribution in [-0.2, 0) is 6.54 Å². The number of nitrogens with zero attached hydrogens (tertiary/aromatic N) is 3. The molecule has 0 unspecified atom stereocenters. The molecule has 1 N–H and O–H groups in total. The number of phenolic OH excluding ortho intramolecular Hbond substituents is 1. The van der Waals surface area contributed by atoms with Gasteiger partial charge in [-0.05, 0) is 42.0 Å². The molecular weight excluding hydrogens is 326 g/mol. The van der Waals surface area contributed by atoms with Crippen LogP contribution < -0.4 is 0 Å². The molecule has 1 aromatic heterocycles. The lowest BCUT2D eigenvalue weighted by molar-refractivity contribution is 0.0782. The lowest BCUT2D eigenvalue weighted by atomic mass is 10.1. The molecule has 0 saturated heterocycles. The highest BCUT2D eigenvalue weighted by atomic mass is 35.5. The smallest absolute Gasteiger partial charge is 0.257 e. The van der Waals surface area contributed by atoms with Gasteiger partial charge in [0.2, 0.25) is 0 Å². The van der Waals surface area contributed by atoms with Gasteiger partial charge in [-0.1, -0.05) is 23.7 Å². The molecule has 0 saturated carbocycles. The first-order valence-electron chi connectivity index (χ1n) is 7.37. The maximum Gasteiger partial charge on any atom is 0.257 e. The molecule has 0 aliphatic heterocycles. The van der Waals surface area contributed by atoms with Crippen molar-refractivity contribution in [1.29, 1.82) is 0 Å². The normalized spacial score (nSPS) is 10.6. The van der Waals surface area contributed by atoms with Gasteiger partial charge in [0.05, 0.1) is 11.3 Å². The molecule has 0 bridgehead atoms. The van der Waals surface area contributed by atoms with Gasteiger partial charge in [0.25, 0.3) is 5.91 Å². The number of amides is 1. The molecule has 1 heterocycles. The zero-order valence-corrected chi connectivity index (χ0v) is 13.8. The van der Waals surface area contributed by atoms with E-state index in [0.717, 1.165) is 11.3 Å². The summed E-state index contributed by atoms with van der Waals surface area (Å²) in [5, 5.41) is 14.5. The Labute approximate surface area is 144 Å². The Morgan fingerprint density at radius 1 is 1.25 bits per heavy atom. The maximum absolute atomic E-state index is 12.5. The summed E-state index contributed by atoms with van der Waals surface area (Å²) in [4.78, 5) is 14.0. The highest BCUT2D eigenvalue weighted by molar-refractivity contribution is 6.30. The Morgan fingerprint density at radius 3 is 2.79 bits per heavy atom. The number of aromatic nitrogens is 2. The van der Waals surface area contributed by atoms with Crippen molar-refractivity contribution in [3.8, 4) is 11.4 Å². The fraction of sp³-hybridized carbons (Fsp3) is 0.111. The zero-order chi connectivity index (χ0) is 17.1. The topological polar surface area (TPSA) is 58.4 Å². The predicted octanol–water partition coefficient (Wildman–Crippen LogP) is 3.50. The number of halogens is 1. The van der Waals surface area contributed by atoms with E-state index in [9.17, 15) is 9.90 Å². The molecule has 0 aliphatic rings. The highest BCUT2D eigenvalue weighted by Crippen LogP contribution is 2.23. The fourth-order valence-electron chi connectivity index (χ4n) is 2.46. The van der Waals surface area contributed by atoms with Crippen molar-refractivity contribution in [2.75, 3.05) is 7.05 Å². The molecule has 0 aliphatic carbocycles. The van der Waals surface area contributed by atoms with Crippen LogP contribution in [0.15, 0.2) is 60.9 Å². The van der Waals surface area contributed by atoms with Crippen molar-refractivity contribution < 1.29 is 9.90 Å². The largest absolute Gasteiger partial charge is 0.507 e. The molecule has 6 heteroatoms. The molecule has 24 heavy (non-hydrogen) atoms. The van der Waals surface area contributed by atoms with Gasteiger partial charge in [-0.15, -0.1) is 0 Å². The average molecular weight is 342 g/mol. The summed E-state index contributed by atoms with van der Waals surface area (Å²) in [6.07, 6.45) is 3.57. The fourth-order valence-corrected chi connectivity index (χ4v) is 2.62. The molecule has 0 fully saturated rings. The first-order chi connectivity index (χ1) is 11.5. The first kappa shape index (κ1) is 16.1. The summed E-state index contributed by atoms with van der Waals surface area (Å²) < 4.78 is 1.76. The monoisotopic (exact) mass is 341 g/mol. The van der Waals surface area contributed by atoms with Crippen LogP contribution in [0.1, 0.15) is 15.9 Å². The van der Waals surface area contributed by atoms with E-state index in [-0.39, 0.29) is 17.2 Å². The second kappa shape index (κ2) is 6.76. The number of rotatable bonds is 4. The number of phenols is 1. The van der Waals surface area contributed by atoms with Crippen LogP contribution in [0.2, 0.25) is 5.02 Å². The minimum Gasteiger partial charge on any atom is -0.507 e. The molecule has 2 aromatic carbocycles. The van der Waals surface area contributed by atoms with Crippen LogP contribution in [0, 0.1) is 0 Å². The van der Waals surface area contributed by atoms with E-state index in [0.29, 0.717) is 11.6 Å². The minimum atomic E-state index is -0.270. The van der Waals surface area contributed by atoms with Gasteiger partial charge in [-0.2, -0.15) is 5.10 Å². The van der Waals surface area contributed by atoms with Crippen molar-refractivity contribution in [3.05, 3.63) is 77.1 Å². The van der Waals surface area contributed by atoms with Crippen molar-refractivity contribution in [3.63, 3.8) is 0 Å². The van der Waals surface area contributed by atoms with Crippen molar-refractivity contribution in [1.82, 2.24) is 14.7 Å². The molecule has 0 radical (unpaired) electrons. The number of carbonyl (C=O) groups excluding carboxylic acids is 1. The number of benzene rings is 2. The third kappa shape index (κ3) is 3.41. The van der Waals surface area contributed by atoms with E-state index in [1.165, 1.54) is 12.1 Å². The summed E-state index contributed by atoms with van der Waals surface area (Å²) in [6.45, 7) is 0.413. The van der Waals surface area contributed by atoms with Gasteiger partial charge in [-0.3, -0.25) is 4.79 Å². The van der Waals surface area contributed by atoms with Crippen LogP contribution >= 0.6 is 11.6 Å². The Kier molecular flexibility index (Phi) is 4.53. The van der Waals surface area contributed by atoms with Crippen molar-refractivity contribution >= 4 is 17.5 Å². The maximum atomic E-state index is 12.5. The van der Waals surface area contributed by atoms with E-state index >= 15 is 0 Å².